The van der Waals surface area contributed by atoms with Gasteiger partial charge in [-0.2, -0.15) is 0 Å². The fraction of sp³-hybridized carbons (Fsp3) is 0.310. The third-order valence-electron chi connectivity index (χ3n) is 5.93. The van der Waals surface area contributed by atoms with E-state index in [0.717, 1.165) is 24.0 Å². The smallest absolute Gasteiger partial charge is 0.243 e. The van der Waals surface area contributed by atoms with Crippen LogP contribution in [-0.4, -0.2) is 35.1 Å². The Balaban J connectivity index is 1.88. The highest BCUT2D eigenvalue weighted by molar-refractivity contribution is 7.99. The van der Waals surface area contributed by atoms with Crippen molar-refractivity contribution in [2.75, 3.05) is 12.3 Å². The zero-order valence-corrected chi connectivity index (χ0v) is 23.8. The second kappa shape index (κ2) is 15.3. The van der Waals surface area contributed by atoms with Crippen molar-refractivity contribution in [1.29, 1.82) is 0 Å². The van der Waals surface area contributed by atoms with Gasteiger partial charge in [-0.3, -0.25) is 9.59 Å². The van der Waals surface area contributed by atoms with E-state index in [1.54, 1.807) is 23.1 Å². The second-order valence-electron chi connectivity index (χ2n) is 8.66. The summed E-state index contributed by atoms with van der Waals surface area (Å²) in [6.07, 6.45) is 2.20. The number of thioether (sulfide) groups is 1. The first-order chi connectivity index (χ1) is 17.9. The predicted octanol–water partition coefficient (Wildman–Crippen LogP) is 7.44. The molecule has 2 amide bonds. The third kappa shape index (κ3) is 8.96. The molecular weight excluding hydrogens is 547 g/mol. The molecule has 0 fully saturated rings. The number of unbranched alkanes of at least 4 members (excludes halogenated alkanes) is 1. The van der Waals surface area contributed by atoms with E-state index in [4.69, 9.17) is 34.8 Å². The Bertz CT molecular complexity index is 1160. The molecule has 3 aromatic carbocycles. The number of carbonyl (C=O) groups excluding carboxylic acids is 2. The van der Waals surface area contributed by atoms with Crippen molar-refractivity contribution in [2.45, 2.75) is 44.5 Å². The summed E-state index contributed by atoms with van der Waals surface area (Å²) in [6.45, 7) is 2.75. The molecule has 3 rings (SSSR count). The second-order valence-corrected chi connectivity index (χ2v) is 10.9. The molecule has 4 nitrogen and oxygen atoms in total. The van der Waals surface area contributed by atoms with Crippen molar-refractivity contribution in [2.24, 2.45) is 0 Å². The number of rotatable bonds is 13. The highest BCUT2D eigenvalue weighted by Gasteiger charge is 2.31. The van der Waals surface area contributed by atoms with Crippen LogP contribution in [0.4, 0.5) is 0 Å². The van der Waals surface area contributed by atoms with Crippen LogP contribution in [0.1, 0.15) is 36.5 Å². The van der Waals surface area contributed by atoms with Crippen molar-refractivity contribution in [3.8, 4) is 0 Å². The predicted molar refractivity (Wildman–Crippen MR) is 156 cm³/mol. The van der Waals surface area contributed by atoms with Gasteiger partial charge in [-0.15, -0.1) is 11.8 Å². The lowest BCUT2D eigenvalue weighted by Gasteiger charge is -2.32. The van der Waals surface area contributed by atoms with E-state index < -0.39 is 6.04 Å². The van der Waals surface area contributed by atoms with Crippen LogP contribution in [0.2, 0.25) is 15.1 Å². The first-order valence-electron chi connectivity index (χ1n) is 12.3. The van der Waals surface area contributed by atoms with Crippen LogP contribution in [-0.2, 0) is 28.3 Å². The molecule has 0 aliphatic heterocycles. The Morgan fingerprint density at radius 2 is 1.54 bits per heavy atom. The fourth-order valence-corrected chi connectivity index (χ4v) is 5.57. The van der Waals surface area contributed by atoms with Crippen molar-refractivity contribution < 1.29 is 9.59 Å². The van der Waals surface area contributed by atoms with Crippen LogP contribution < -0.4 is 5.32 Å². The van der Waals surface area contributed by atoms with Gasteiger partial charge in [0.1, 0.15) is 6.04 Å². The lowest BCUT2D eigenvalue weighted by Crippen LogP contribution is -2.51. The number of amides is 2. The number of halogens is 3. The zero-order chi connectivity index (χ0) is 26.6. The maximum absolute atomic E-state index is 13.7. The van der Waals surface area contributed by atoms with E-state index in [1.165, 1.54) is 11.8 Å². The Morgan fingerprint density at radius 3 is 2.22 bits per heavy atom. The minimum Gasteiger partial charge on any atom is -0.354 e. The summed E-state index contributed by atoms with van der Waals surface area (Å²) in [5, 5.41) is 4.60. The molecule has 8 heteroatoms. The number of benzene rings is 3. The Labute approximate surface area is 238 Å². The molecule has 0 aliphatic rings. The summed E-state index contributed by atoms with van der Waals surface area (Å²) in [4.78, 5) is 28.8. The quantitative estimate of drug-likeness (QED) is 0.215. The SMILES string of the molecule is CCCCNC(=O)[C@H](Cc1ccccc1)N(Cc1c(Cl)cccc1Cl)C(=O)CSCc1ccccc1Cl. The molecule has 0 heterocycles. The molecular formula is C29H31Cl3N2O2S. The number of hydrogen-bond donors (Lipinski definition) is 1. The molecule has 1 atom stereocenters. The molecule has 0 aliphatic carbocycles. The van der Waals surface area contributed by atoms with Crippen LogP contribution in [0.15, 0.2) is 72.8 Å². The van der Waals surface area contributed by atoms with E-state index in [0.29, 0.717) is 39.3 Å². The molecule has 0 radical (unpaired) electrons. The van der Waals surface area contributed by atoms with Crippen LogP contribution in [0.5, 0.6) is 0 Å². The Hall–Kier alpha value is -2.18. The highest BCUT2D eigenvalue weighted by Crippen LogP contribution is 2.28. The molecule has 37 heavy (non-hydrogen) atoms. The van der Waals surface area contributed by atoms with Gasteiger partial charge >= 0.3 is 0 Å². The van der Waals surface area contributed by atoms with Crippen molar-refractivity contribution >= 4 is 58.4 Å². The van der Waals surface area contributed by atoms with Gasteiger partial charge in [-0.1, -0.05) is 103 Å². The van der Waals surface area contributed by atoms with Crippen LogP contribution in [0, 0.1) is 0 Å². The number of nitrogens with zero attached hydrogens (tertiary/aromatic N) is 1. The molecule has 0 unspecified atom stereocenters. The lowest BCUT2D eigenvalue weighted by atomic mass is 10.0. The van der Waals surface area contributed by atoms with Crippen molar-refractivity contribution in [1.82, 2.24) is 10.2 Å². The molecule has 3 aromatic rings. The number of hydrogen-bond acceptors (Lipinski definition) is 3. The molecule has 0 bridgehead atoms. The fourth-order valence-electron chi connectivity index (χ4n) is 3.86. The Kier molecular flexibility index (Phi) is 12.1. The maximum Gasteiger partial charge on any atom is 0.243 e. The molecule has 0 aromatic heterocycles. The first kappa shape index (κ1) is 29.4. The summed E-state index contributed by atoms with van der Waals surface area (Å²) in [6, 6.07) is 21.8. The largest absolute Gasteiger partial charge is 0.354 e. The molecule has 0 spiro atoms. The first-order valence-corrected chi connectivity index (χ1v) is 14.5. The van der Waals surface area contributed by atoms with Crippen molar-refractivity contribution in [3.05, 3.63) is 105 Å². The van der Waals surface area contributed by atoms with E-state index in [-0.39, 0.29) is 24.1 Å². The summed E-state index contributed by atoms with van der Waals surface area (Å²) in [5.74, 6) is 0.406. The molecule has 0 saturated heterocycles. The standard InChI is InChI=1S/C29H31Cl3N2O2S/c1-2-3-16-33-29(36)27(17-21-10-5-4-6-11-21)34(18-23-25(31)14-9-15-26(23)32)28(35)20-37-19-22-12-7-8-13-24(22)30/h4-15,27H,2-3,16-20H2,1H3,(H,33,36)/t27-/m0/s1. The number of carbonyl (C=O) groups is 2. The summed E-state index contributed by atoms with van der Waals surface area (Å²) < 4.78 is 0. The van der Waals surface area contributed by atoms with E-state index in [1.807, 2.05) is 54.6 Å². The van der Waals surface area contributed by atoms with Gasteiger partial charge < -0.3 is 10.2 Å². The van der Waals surface area contributed by atoms with Crippen LogP contribution in [0.25, 0.3) is 0 Å². The van der Waals surface area contributed by atoms with E-state index in [2.05, 4.69) is 12.2 Å². The van der Waals surface area contributed by atoms with E-state index >= 15 is 0 Å². The Morgan fingerprint density at radius 1 is 0.892 bits per heavy atom. The molecule has 0 saturated carbocycles. The van der Waals surface area contributed by atoms with Crippen molar-refractivity contribution in [3.63, 3.8) is 0 Å². The van der Waals surface area contributed by atoms with Gasteiger partial charge in [-0.05, 0) is 35.7 Å². The minimum atomic E-state index is -0.722. The van der Waals surface area contributed by atoms with Gasteiger partial charge in [-0.25, -0.2) is 0 Å². The normalized spacial score (nSPS) is 11.7. The lowest BCUT2D eigenvalue weighted by molar-refractivity contribution is -0.139. The summed E-state index contributed by atoms with van der Waals surface area (Å²) in [7, 11) is 0. The number of nitrogens with one attached hydrogen (secondary N) is 1. The van der Waals surface area contributed by atoms with Crippen LogP contribution in [0.3, 0.4) is 0 Å². The molecule has 196 valence electrons. The zero-order valence-electron chi connectivity index (χ0n) is 20.8. The monoisotopic (exact) mass is 576 g/mol. The van der Waals surface area contributed by atoms with Crippen LogP contribution >= 0.6 is 46.6 Å². The topological polar surface area (TPSA) is 49.4 Å². The van der Waals surface area contributed by atoms with Gasteiger partial charge in [0, 0.05) is 45.9 Å². The van der Waals surface area contributed by atoms with Gasteiger partial charge in [0.2, 0.25) is 11.8 Å². The molecule has 1 N–H and O–H groups in total. The minimum absolute atomic E-state index is 0.128. The summed E-state index contributed by atoms with van der Waals surface area (Å²) in [5.41, 5.74) is 2.54. The summed E-state index contributed by atoms with van der Waals surface area (Å²) >= 11 is 20.7. The third-order valence-corrected chi connectivity index (χ3v) is 7.97. The van der Waals surface area contributed by atoms with Gasteiger partial charge in [0.05, 0.1) is 5.75 Å². The van der Waals surface area contributed by atoms with E-state index in [9.17, 15) is 9.59 Å². The van der Waals surface area contributed by atoms with Gasteiger partial charge in [0.25, 0.3) is 0 Å². The van der Waals surface area contributed by atoms with Gasteiger partial charge in [0.15, 0.2) is 0 Å². The average molecular weight is 578 g/mol. The highest BCUT2D eigenvalue weighted by atomic mass is 35.5. The average Bonchev–Trinajstić information content (AvgIpc) is 2.89. The maximum atomic E-state index is 13.7.